The molecule has 0 bridgehead atoms. The van der Waals surface area contributed by atoms with Gasteiger partial charge in [-0.3, -0.25) is 0 Å². The average molecular weight is 203 g/mol. The number of ether oxygens (including phenoxy) is 1. The van der Waals surface area contributed by atoms with Gasteiger partial charge in [0.1, 0.15) is 0 Å². The van der Waals surface area contributed by atoms with Gasteiger partial charge < -0.3 is 16.2 Å². The molecule has 1 aromatic heterocycles. The number of hydrogen-bond acceptors (Lipinski definition) is 4. The van der Waals surface area contributed by atoms with Crippen LogP contribution in [0, 0.1) is 0 Å². The molecule has 0 aliphatic heterocycles. The van der Waals surface area contributed by atoms with Crippen molar-refractivity contribution in [3.8, 4) is 5.88 Å². The van der Waals surface area contributed by atoms with E-state index in [9.17, 15) is 8.78 Å². The van der Waals surface area contributed by atoms with Gasteiger partial charge in [0.05, 0.1) is 18.5 Å². The number of nitrogens with two attached hydrogens (primary N) is 2. The van der Waals surface area contributed by atoms with Crippen LogP contribution < -0.4 is 16.2 Å². The molecule has 1 heterocycles. The van der Waals surface area contributed by atoms with Crippen molar-refractivity contribution in [1.29, 1.82) is 0 Å². The minimum atomic E-state index is -2.66. The zero-order valence-corrected chi connectivity index (χ0v) is 7.63. The number of methoxy groups -OCH3 is 1. The molecule has 0 saturated carbocycles. The second kappa shape index (κ2) is 4.19. The standard InChI is InChI=1S/C8H11F2N3O/c1-14-6-2-4(8(9)10)7(12)5(3-11)13-6/h2,8H,3,11-12H2,1H3. The zero-order chi connectivity index (χ0) is 10.7. The summed E-state index contributed by atoms with van der Waals surface area (Å²) in [5.41, 5.74) is 10.6. The van der Waals surface area contributed by atoms with Gasteiger partial charge in [0, 0.05) is 18.2 Å². The number of aromatic nitrogens is 1. The molecule has 6 heteroatoms. The van der Waals surface area contributed by atoms with Crippen LogP contribution in [0.25, 0.3) is 0 Å². The van der Waals surface area contributed by atoms with E-state index in [2.05, 4.69) is 4.98 Å². The van der Waals surface area contributed by atoms with E-state index in [1.54, 1.807) is 0 Å². The Balaban J connectivity index is 3.27. The van der Waals surface area contributed by atoms with Crippen molar-refractivity contribution in [1.82, 2.24) is 4.98 Å². The van der Waals surface area contributed by atoms with Gasteiger partial charge in [-0.15, -0.1) is 0 Å². The predicted molar refractivity (Wildman–Crippen MR) is 48.0 cm³/mol. The van der Waals surface area contributed by atoms with Gasteiger partial charge in [-0.2, -0.15) is 0 Å². The van der Waals surface area contributed by atoms with E-state index in [0.717, 1.165) is 6.07 Å². The monoisotopic (exact) mass is 203 g/mol. The number of rotatable bonds is 3. The largest absolute Gasteiger partial charge is 0.481 e. The molecular weight excluding hydrogens is 192 g/mol. The summed E-state index contributed by atoms with van der Waals surface area (Å²) in [4.78, 5) is 3.85. The third-order valence-corrected chi connectivity index (χ3v) is 1.78. The number of anilines is 1. The molecule has 78 valence electrons. The van der Waals surface area contributed by atoms with Crippen molar-refractivity contribution in [2.45, 2.75) is 13.0 Å². The highest BCUT2D eigenvalue weighted by Gasteiger charge is 2.16. The molecule has 0 fully saturated rings. The molecule has 0 atom stereocenters. The molecule has 0 aliphatic rings. The van der Waals surface area contributed by atoms with Crippen molar-refractivity contribution >= 4 is 5.69 Å². The maximum atomic E-state index is 12.5. The summed E-state index contributed by atoms with van der Waals surface area (Å²) in [6, 6.07) is 1.11. The summed E-state index contributed by atoms with van der Waals surface area (Å²) in [5, 5.41) is 0. The fourth-order valence-corrected chi connectivity index (χ4v) is 1.04. The van der Waals surface area contributed by atoms with Crippen molar-refractivity contribution in [3.63, 3.8) is 0 Å². The molecular formula is C8H11F2N3O. The normalized spacial score (nSPS) is 10.6. The van der Waals surface area contributed by atoms with Crippen molar-refractivity contribution < 1.29 is 13.5 Å². The molecule has 0 radical (unpaired) electrons. The summed E-state index contributed by atoms with van der Waals surface area (Å²) in [6.07, 6.45) is -2.66. The Morgan fingerprint density at radius 3 is 2.64 bits per heavy atom. The minimum Gasteiger partial charge on any atom is -0.481 e. The second-order valence-electron chi connectivity index (χ2n) is 2.62. The number of halogens is 2. The fraction of sp³-hybridized carbons (Fsp3) is 0.375. The highest BCUT2D eigenvalue weighted by molar-refractivity contribution is 5.53. The molecule has 1 aromatic rings. The summed E-state index contributed by atoms with van der Waals surface area (Å²) in [6.45, 7) is 0.00273. The first-order chi connectivity index (χ1) is 6.60. The van der Waals surface area contributed by atoms with Gasteiger partial charge in [-0.1, -0.05) is 0 Å². The fourth-order valence-electron chi connectivity index (χ4n) is 1.04. The van der Waals surface area contributed by atoms with Gasteiger partial charge in [0.15, 0.2) is 0 Å². The maximum Gasteiger partial charge on any atom is 0.266 e. The molecule has 0 saturated heterocycles. The van der Waals surface area contributed by atoms with E-state index in [0.29, 0.717) is 0 Å². The number of nitrogens with zero attached hydrogens (tertiary/aromatic N) is 1. The number of pyridine rings is 1. The first-order valence-corrected chi connectivity index (χ1v) is 3.91. The van der Waals surface area contributed by atoms with Crippen LogP contribution in [-0.4, -0.2) is 12.1 Å². The van der Waals surface area contributed by atoms with Crippen LogP contribution in [0.3, 0.4) is 0 Å². The molecule has 14 heavy (non-hydrogen) atoms. The molecule has 0 amide bonds. The summed E-state index contributed by atoms with van der Waals surface area (Å²) in [5.74, 6) is 0.0925. The second-order valence-corrected chi connectivity index (χ2v) is 2.62. The molecule has 0 aliphatic carbocycles. The van der Waals surface area contributed by atoms with E-state index >= 15 is 0 Å². The topological polar surface area (TPSA) is 74.2 Å². The molecule has 1 rings (SSSR count). The smallest absolute Gasteiger partial charge is 0.266 e. The predicted octanol–water partition coefficient (Wildman–Crippen LogP) is 1.07. The summed E-state index contributed by atoms with van der Waals surface area (Å²) >= 11 is 0. The molecule has 0 unspecified atom stereocenters. The van der Waals surface area contributed by atoms with Gasteiger partial charge in [0.25, 0.3) is 6.43 Å². The lowest BCUT2D eigenvalue weighted by Crippen LogP contribution is -2.08. The van der Waals surface area contributed by atoms with Crippen LogP contribution in [0.5, 0.6) is 5.88 Å². The SMILES string of the molecule is COc1cc(C(F)F)c(N)c(CN)n1. The molecule has 4 N–H and O–H groups in total. The van der Waals surface area contributed by atoms with E-state index in [-0.39, 0.29) is 29.4 Å². The maximum absolute atomic E-state index is 12.5. The first kappa shape index (κ1) is 10.6. The van der Waals surface area contributed by atoms with Crippen LogP contribution >= 0.6 is 0 Å². The highest BCUT2D eigenvalue weighted by atomic mass is 19.3. The third kappa shape index (κ3) is 1.90. The quantitative estimate of drug-likeness (QED) is 0.770. The molecule has 4 nitrogen and oxygen atoms in total. The van der Waals surface area contributed by atoms with Crippen molar-refractivity contribution in [2.24, 2.45) is 5.73 Å². The Hall–Kier alpha value is -1.43. The first-order valence-electron chi connectivity index (χ1n) is 3.91. The third-order valence-electron chi connectivity index (χ3n) is 1.78. The summed E-state index contributed by atoms with van der Waals surface area (Å²) < 4.78 is 29.7. The van der Waals surface area contributed by atoms with Crippen LogP contribution in [0.2, 0.25) is 0 Å². The van der Waals surface area contributed by atoms with E-state index in [4.69, 9.17) is 16.2 Å². The van der Waals surface area contributed by atoms with Crippen molar-refractivity contribution in [2.75, 3.05) is 12.8 Å². The van der Waals surface area contributed by atoms with E-state index in [1.807, 2.05) is 0 Å². The van der Waals surface area contributed by atoms with Gasteiger partial charge in [-0.05, 0) is 0 Å². The van der Waals surface area contributed by atoms with Gasteiger partial charge in [-0.25, -0.2) is 13.8 Å². The van der Waals surface area contributed by atoms with Crippen LogP contribution in [0.1, 0.15) is 17.7 Å². The highest BCUT2D eigenvalue weighted by Crippen LogP contribution is 2.29. The average Bonchev–Trinajstić information content (AvgIpc) is 2.17. The van der Waals surface area contributed by atoms with Gasteiger partial charge in [0.2, 0.25) is 5.88 Å². The Morgan fingerprint density at radius 2 is 2.21 bits per heavy atom. The molecule has 0 aromatic carbocycles. The van der Waals surface area contributed by atoms with Gasteiger partial charge >= 0.3 is 0 Å². The Labute approximate surface area is 79.9 Å². The van der Waals surface area contributed by atoms with Crippen LogP contribution in [0.4, 0.5) is 14.5 Å². The van der Waals surface area contributed by atoms with E-state index < -0.39 is 6.43 Å². The minimum absolute atomic E-state index is 0.00273. The lowest BCUT2D eigenvalue weighted by atomic mass is 10.2. The van der Waals surface area contributed by atoms with Crippen LogP contribution in [-0.2, 0) is 6.54 Å². The Morgan fingerprint density at radius 1 is 1.57 bits per heavy atom. The van der Waals surface area contributed by atoms with E-state index in [1.165, 1.54) is 7.11 Å². The zero-order valence-electron chi connectivity index (χ0n) is 7.63. The molecule has 0 spiro atoms. The number of nitrogen functional groups attached to an aromatic ring is 1. The summed E-state index contributed by atoms with van der Waals surface area (Å²) in [7, 11) is 1.34. The number of hydrogen-bond donors (Lipinski definition) is 2. The lowest BCUT2D eigenvalue weighted by Gasteiger charge is -2.10. The lowest BCUT2D eigenvalue weighted by molar-refractivity contribution is 0.151. The Kier molecular flexibility index (Phi) is 3.19. The van der Waals surface area contributed by atoms with Crippen LogP contribution in [0.15, 0.2) is 6.07 Å². The Bertz CT molecular complexity index is 331. The van der Waals surface area contributed by atoms with Crippen molar-refractivity contribution in [3.05, 3.63) is 17.3 Å². The number of alkyl halides is 2.